The Morgan fingerprint density at radius 3 is 2.76 bits per heavy atom. The second-order valence-corrected chi connectivity index (χ2v) is 4.79. The van der Waals surface area contributed by atoms with Gasteiger partial charge in [0.15, 0.2) is 5.96 Å². The molecule has 0 radical (unpaired) electrons. The highest BCUT2D eigenvalue weighted by molar-refractivity contribution is 6.31. The highest BCUT2D eigenvalue weighted by atomic mass is 35.5. The maximum Gasteiger partial charge on any atom is 0.191 e. The number of hydrogen-bond acceptors (Lipinski definition) is 3. The van der Waals surface area contributed by atoms with Crippen LogP contribution in [0.2, 0.25) is 5.02 Å². The molecular weight excluding hydrogens is 290 g/mol. The fourth-order valence-corrected chi connectivity index (χ4v) is 2.01. The van der Waals surface area contributed by atoms with E-state index in [0.717, 1.165) is 6.54 Å². The lowest BCUT2D eigenvalue weighted by Crippen LogP contribution is -2.39. The van der Waals surface area contributed by atoms with E-state index in [9.17, 15) is 5.11 Å². The third-order valence-corrected chi connectivity index (χ3v) is 3.12. The molecule has 0 heterocycles. The zero-order chi connectivity index (χ0) is 15.5. The van der Waals surface area contributed by atoms with Crippen molar-refractivity contribution in [3.05, 3.63) is 34.9 Å². The molecule has 1 atom stereocenters. The first-order chi connectivity index (χ1) is 10.2. The molecule has 0 spiro atoms. The van der Waals surface area contributed by atoms with Crippen molar-refractivity contribution in [1.82, 2.24) is 10.6 Å². The van der Waals surface area contributed by atoms with E-state index in [1.165, 1.54) is 0 Å². The zero-order valence-corrected chi connectivity index (χ0v) is 13.4. The number of aliphatic hydroxyl groups excluding tert-OH is 1. The van der Waals surface area contributed by atoms with Crippen LogP contribution in [-0.2, 0) is 4.74 Å². The summed E-state index contributed by atoms with van der Waals surface area (Å²) in [5.41, 5.74) is 0.688. The van der Waals surface area contributed by atoms with Crippen molar-refractivity contribution in [1.29, 1.82) is 0 Å². The minimum absolute atomic E-state index is 0.244. The maximum atomic E-state index is 10.2. The number of hydrogen-bond donors (Lipinski definition) is 3. The Morgan fingerprint density at radius 2 is 2.10 bits per heavy atom. The van der Waals surface area contributed by atoms with E-state index in [2.05, 4.69) is 15.6 Å². The number of ether oxygens (including phenoxy) is 1. The van der Waals surface area contributed by atoms with Crippen LogP contribution in [0.3, 0.4) is 0 Å². The molecule has 6 heteroatoms. The number of nitrogens with one attached hydrogen (secondary N) is 2. The lowest BCUT2D eigenvalue weighted by atomic mass is 10.1. The molecule has 1 unspecified atom stereocenters. The van der Waals surface area contributed by atoms with Gasteiger partial charge in [0.1, 0.15) is 6.10 Å². The van der Waals surface area contributed by atoms with Crippen LogP contribution < -0.4 is 10.6 Å². The van der Waals surface area contributed by atoms with E-state index in [0.29, 0.717) is 36.3 Å². The summed E-state index contributed by atoms with van der Waals surface area (Å²) >= 11 is 6.06. The van der Waals surface area contributed by atoms with Gasteiger partial charge in [0.25, 0.3) is 0 Å². The van der Waals surface area contributed by atoms with Gasteiger partial charge >= 0.3 is 0 Å². The quantitative estimate of drug-likeness (QED) is 0.390. The number of halogens is 1. The second kappa shape index (κ2) is 10.4. The van der Waals surface area contributed by atoms with Crippen molar-refractivity contribution >= 4 is 17.6 Å². The van der Waals surface area contributed by atoms with Gasteiger partial charge in [0.2, 0.25) is 0 Å². The van der Waals surface area contributed by atoms with Crippen molar-refractivity contribution < 1.29 is 9.84 Å². The molecule has 5 nitrogen and oxygen atoms in total. The van der Waals surface area contributed by atoms with Crippen LogP contribution >= 0.6 is 11.6 Å². The molecule has 118 valence electrons. The van der Waals surface area contributed by atoms with Crippen LogP contribution in [0, 0.1) is 0 Å². The normalized spacial score (nSPS) is 13.0. The van der Waals surface area contributed by atoms with E-state index in [-0.39, 0.29) is 6.54 Å². The summed E-state index contributed by atoms with van der Waals surface area (Å²) in [6, 6.07) is 7.24. The molecule has 3 N–H and O–H groups in total. The van der Waals surface area contributed by atoms with Gasteiger partial charge in [-0.3, -0.25) is 4.99 Å². The van der Waals surface area contributed by atoms with Gasteiger partial charge in [-0.15, -0.1) is 0 Å². The predicted molar refractivity (Wildman–Crippen MR) is 86.9 cm³/mol. The van der Waals surface area contributed by atoms with E-state index in [1.807, 2.05) is 26.0 Å². The Hall–Kier alpha value is -1.30. The Labute approximate surface area is 131 Å². The summed E-state index contributed by atoms with van der Waals surface area (Å²) < 4.78 is 5.26. The largest absolute Gasteiger partial charge is 0.386 e. The average Bonchev–Trinajstić information content (AvgIpc) is 2.49. The van der Waals surface area contributed by atoms with Crippen LogP contribution in [0.1, 0.15) is 25.5 Å². The number of benzene rings is 1. The topological polar surface area (TPSA) is 65.9 Å². The van der Waals surface area contributed by atoms with Crippen LogP contribution in [0.25, 0.3) is 0 Å². The number of aliphatic hydroxyl groups is 1. The molecule has 1 aromatic carbocycles. The molecule has 0 fully saturated rings. The van der Waals surface area contributed by atoms with Gasteiger partial charge < -0.3 is 20.5 Å². The fraction of sp³-hybridized carbons (Fsp3) is 0.533. The molecule has 1 aromatic rings. The molecular formula is C15H24ClN3O2. The Balaban J connectivity index is 2.54. The zero-order valence-electron chi connectivity index (χ0n) is 12.6. The van der Waals surface area contributed by atoms with Crippen molar-refractivity contribution in [3.63, 3.8) is 0 Å². The number of rotatable bonds is 8. The second-order valence-electron chi connectivity index (χ2n) is 4.38. The summed E-state index contributed by atoms with van der Waals surface area (Å²) in [5, 5.41) is 17.0. The Kier molecular flexibility index (Phi) is 8.82. The maximum absolute atomic E-state index is 10.2. The summed E-state index contributed by atoms with van der Waals surface area (Å²) in [7, 11) is 0. The standard InChI is InChI=1S/C15H24ClN3O2/c1-3-17-15(18-9-10-21-4-2)19-11-14(20)12-7-5-6-8-13(12)16/h5-8,14,20H,3-4,9-11H2,1-2H3,(H2,17,18,19). The van der Waals surface area contributed by atoms with Crippen molar-refractivity contribution in [2.24, 2.45) is 4.99 Å². The molecule has 0 aliphatic heterocycles. The third-order valence-electron chi connectivity index (χ3n) is 2.77. The van der Waals surface area contributed by atoms with E-state index >= 15 is 0 Å². The first-order valence-corrected chi connectivity index (χ1v) is 7.59. The number of guanidine groups is 1. The lowest BCUT2D eigenvalue weighted by Gasteiger charge is -2.14. The van der Waals surface area contributed by atoms with E-state index in [1.54, 1.807) is 12.1 Å². The summed E-state index contributed by atoms with van der Waals surface area (Å²) in [5.74, 6) is 0.656. The summed E-state index contributed by atoms with van der Waals surface area (Å²) in [6.07, 6.45) is -0.721. The molecule has 0 amide bonds. The Bertz CT molecular complexity index is 441. The number of aliphatic imine (C=N–C) groups is 1. The third kappa shape index (κ3) is 6.80. The van der Waals surface area contributed by atoms with E-state index in [4.69, 9.17) is 16.3 Å². The molecule has 0 bridgehead atoms. The van der Waals surface area contributed by atoms with Crippen LogP contribution in [0.5, 0.6) is 0 Å². The molecule has 0 saturated carbocycles. The first-order valence-electron chi connectivity index (χ1n) is 7.21. The SMILES string of the molecule is CCNC(=NCC(O)c1ccccc1Cl)NCCOCC. The molecule has 21 heavy (non-hydrogen) atoms. The fourth-order valence-electron chi connectivity index (χ4n) is 1.75. The summed E-state index contributed by atoms with van der Waals surface area (Å²) in [6.45, 7) is 6.93. The molecule has 0 aliphatic carbocycles. The average molecular weight is 314 g/mol. The van der Waals surface area contributed by atoms with E-state index < -0.39 is 6.10 Å². The highest BCUT2D eigenvalue weighted by Gasteiger charge is 2.10. The first kappa shape index (κ1) is 17.8. The van der Waals surface area contributed by atoms with Gasteiger partial charge in [0.05, 0.1) is 13.2 Å². The molecule has 1 rings (SSSR count). The number of nitrogens with zero attached hydrogens (tertiary/aromatic N) is 1. The van der Waals surface area contributed by atoms with Gasteiger partial charge in [-0.1, -0.05) is 29.8 Å². The van der Waals surface area contributed by atoms with Gasteiger partial charge in [-0.05, 0) is 19.9 Å². The van der Waals surface area contributed by atoms with Crippen LogP contribution in [0.15, 0.2) is 29.3 Å². The van der Waals surface area contributed by atoms with Gasteiger partial charge in [0, 0.05) is 30.3 Å². The van der Waals surface area contributed by atoms with Crippen molar-refractivity contribution in [3.8, 4) is 0 Å². The van der Waals surface area contributed by atoms with Crippen molar-refractivity contribution in [2.75, 3.05) is 32.8 Å². The van der Waals surface area contributed by atoms with Crippen molar-refractivity contribution in [2.45, 2.75) is 20.0 Å². The highest BCUT2D eigenvalue weighted by Crippen LogP contribution is 2.22. The van der Waals surface area contributed by atoms with Gasteiger partial charge in [-0.25, -0.2) is 0 Å². The van der Waals surface area contributed by atoms with Crippen LogP contribution in [-0.4, -0.2) is 43.9 Å². The minimum Gasteiger partial charge on any atom is -0.386 e. The molecule has 0 saturated heterocycles. The monoisotopic (exact) mass is 313 g/mol. The van der Waals surface area contributed by atoms with Gasteiger partial charge in [-0.2, -0.15) is 0 Å². The molecule has 0 aliphatic rings. The summed E-state index contributed by atoms with van der Waals surface area (Å²) in [4.78, 5) is 4.36. The minimum atomic E-state index is -0.721. The van der Waals surface area contributed by atoms with Crippen LogP contribution in [0.4, 0.5) is 0 Å². The predicted octanol–water partition coefficient (Wildman–Crippen LogP) is 1.97. The smallest absolute Gasteiger partial charge is 0.191 e. The lowest BCUT2D eigenvalue weighted by molar-refractivity contribution is 0.152. The Morgan fingerprint density at radius 1 is 1.33 bits per heavy atom. The molecule has 0 aromatic heterocycles.